The summed E-state index contributed by atoms with van der Waals surface area (Å²) < 4.78 is 5.14. The van der Waals surface area contributed by atoms with Crippen LogP contribution < -0.4 is 0 Å². The van der Waals surface area contributed by atoms with Gasteiger partial charge in [0.05, 0.1) is 0 Å². The summed E-state index contributed by atoms with van der Waals surface area (Å²) in [6.45, 7) is 5.97. The molecule has 1 heterocycles. The molecule has 1 aliphatic rings. The molecular formula is C9H15NO2. The van der Waals surface area contributed by atoms with Crippen LogP contribution in [-0.4, -0.2) is 29.7 Å². The van der Waals surface area contributed by atoms with Gasteiger partial charge in [-0.25, -0.2) is 0 Å². The van der Waals surface area contributed by atoms with Gasteiger partial charge in [-0.15, -0.1) is 0 Å². The Balaban J connectivity index is 2.82. The van der Waals surface area contributed by atoms with E-state index in [1.54, 1.807) is 24.2 Å². The van der Waals surface area contributed by atoms with E-state index in [1.807, 2.05) is 20.8 Å². The van der Waals surface area contributed by atoms with E-state index in [0.717, 1.165) is 0 Å². The molecule has 0 saturated carbocycles. The molecule has 1 amide bonds. The minimum atomic E-state index is -0.197. The average Bonchev–Trinajstić information content (AvgIpc) is 2.29. The third-order valence-electron chi connectivity index (χ3n) is 1.86. The molecule has 0 aliphatic carbocycles. The topological polar surface area (TPSA) is 29.5 Å². The fourth-order valence-corrected chi connectivity index (χ4v) is 1.35. The normalized spacial score (nSPS) is 23.8. The van der Waals surface area contributed by atoms with Gasteiger partial charge in [-0.05, 0) is 26.8 Å². The number of carbonyl (C=O) groups is 1. The molecule has 1 rings (SSSR count). The van der Waals surface area contributed by atoms with Crippen molar-refractivity contribution < 1.29 is 9.53 Å². The quantitative estimate of drug-likeness (QED) is 0.589. The molecule has 0 bridgehead atoms. The molecular weight excluding hydrogens is 154 g/mol. The summed E-state index contributed by atoms with van der Waals surface area (Å²) in [6, 6.07) is 0. The molecule has 0 spiro atoms. The van der Waals surface area contributed by atoms with Crippen LogP contribution in [0.25, 0.3) is 0 Å². The van der Waals surface area contributed by atoms with Crippen molar-refractivity contribution in [1.82, 2.24) is 4.90 Å². The van der Waals surface area contributed by atoms with Crippen LogP contribution in [0.2, 0.25) is 0 Å². The fraction of sp³-hybridized carbons (Fsp3) is 0.667. The summed E-state index contributed by atoms with van der Waals surface area (Å²) in [5.41, 5.74) is -0.179. The molecule has 12 heavy (non-hydrogen) atoms. The zero-order valence-corrected chi connectivity index (χ0v) is 8.00. The molecule has 0 fully saturated rings. The summed E-state index contributed by atoms with van der Waals surface area (Å²) in [5.74, 6) is 0.0225. The molecule has 1 aliphatic heterocycles. The van der Waals surface area contributed by atoms with Gasteiger partial charge in [0, 0.05) is 18.7 Å². The number of rotatable bonds is 1. The Kier molecular flexibility index (Phi) is 2.24. The van der Waals surface area contributed by atoms with Crippen molar-refractivity contribution in [1.29, 1.82) is 0 Å². The Bertz CT molecular complexity index is 215. The Labute approximate surface area is 73.0 Å². The summed E-state index contributed by atoms with van der Waals surface area (Å²) in [6.07, 6.45) is 3.13. The van der Waals surface area contributed by atoms with Crippen molar-refractivity contribution in [2.45, 2.75) is 32.5 Å². The molecule has 1 unspecified atom stereocenters. The molecule has 0 radical (unpaired) electrons. The maximum atomic E-state index is 11.3. The predicted molar refractivity (Wildman–Crippen MR) is 46.5 cm³/mol. The van der Waals surface area contributed by atoms with Crippen LogP contribution in [0.5, 0.6) is 0 Å². The number of carbonyl (C=O) groups excluding carboxylic acids is 1. The summed E-state index contributed by atoms with van der Waals surface area (Å²) >= 11 is 0. The van der Waals surface area contributed by atoms with Gasteiger partial charge in [0.25, 0.3) is 0 Å². The van der Waals surface area contributed by atoms with Gasteiger partial charge in [-0.1, -0.05) is 0 Å². The third-order valence-corrected chi connectivity index (χ3v) is 1.86. The highest BCUT2D eigenvalue weighted by Crippen LogP contribution is 2.22. The first kappa shape index (κ1) is 9.26. The highest BCUT2D eigenvalue weighted by atomic mass is 16.5. The number of amides is 1. The average molecular weight is 169 g/mol. The zero-order valence-electron chi connectivity index (χ0n) is 8.00. The van der Waals surface area contributed by atoms with E-state index in [4.69, 9.17) is 4.74 Å². The van der Waals surface area contributed by atoms with E-state index in [-0.39, 0.29) is 17.7 Å². The standard InChI is InChI=1S/C9H15NO2/c1-9(2,3)10-7(11)5-6-8(10)12-4/h5-6,8H,1-4H3. The Morgan fingerprint density at radius 3 is 2.42 bits per heavy atom. The van der Waals surface area contributed by atoms with Crippen molar-refractivity contribution in [3.63, 3.8) is 0 Å². The van der Waals surface area contributed by atoms with Crippen LogP contribution in [0.3, 0.4) is 0 Å². The van der Waals surface area contributed by atoms with Crippen molar-refractivity contribution in [2.75, 3.05) is 7.11 Å². The number of hydrogen-bond acceptors (Lipinski definition) is 2. The largest absolute Gasteiger partial charge is 0.358 e. The lowest BCUT2D eigenvalue weighted by Crippen LogP contribution is -2.48. The second kappa shape index (κ2) is 2.90. The minimum Gasteiger partial charge on any atom is -0.358 e. The molecule has 3 heteroatoms. The fourth-order valence-electron chi connectivity index (χ4n) is 1.35. The lowest BCUT2D eigenvalue weighted by molar-refractivity contribution is -0.140. The van der Waals surface area contributed by atoms with Crippen molar-refractivity contribution >= 4 is 5.91 Å². The van der Waals surface area contributed by atoms with E-state index >= 15 is 0 Å². The number of nitrogens with zero attached hydrogens (tertiary/aromatic N) is 1. The van der Waals surface area contributed by atoms with Crippen molar-refractivity contribution in [3.05, 3.63) is 12.2 Å². The van der Waals surface area contributed by atoms with Crippen LogP contribution >= 0.6 is 0 Å². The number of methoxy groups -OCH3 is 1. The predicted octanol–water partition coefficient (Wildman–Crippen LogP) is 1.16. The van der Waals surface area contributed by atoms with Gasteiger partial charge in [0.15, 0.2) is 6.23 Å². The molecule has 0 aromatic carbocycles. The Hall–Kier alpha value is -0.830. The summed E-state index contributed by atoms with van der Waals surface area (Å²) in [7, 11) is 1.60. The minimum absolute atomic E-state index is 0.0225. The van der Waals surface area contributed by atoms with Gasteiger partial charge in [0.2, 0.25) is 5.91 Å². The van der Waals surface area contributed by atoms with Crippen LogP contribution in [0, 0.1) is 0 Å². The molecule has 1 atom stereocenters. The second-order valence-electron chi connectivity index (χ2n) is 3.86. The lowest BCUT2D eigenvalue weighted by atomic mass is 10.1. The lowest BCUT2D eigenvalue weighted by Gasteiger charge is -2.36. The van der Waals surface area contributed by atoms with E-state index in [1.165, 1.54) is 0 Å². The summed E-state index contributed by atoms with van der Waals surface area (Å²) in [5, 5.41) is 0. The third kappa shape index (κ3) is 1.50. The highest BCUT2D eigenvalue weighted by molar-refractivity contribution is 5.90. The van der Waals surface area contributed by atoms with Gasteiger partial charge in [0.1, 0.15) is 0 Å². The van der Waals surface area contributed by atoms with Crippen molar-refractivity contribution in [3.8, 4) is 0 Å². The monoisotopic (exact) mass is 169 g/mol. The van der Waals surface area contributed by atoms with Crippen LogP contribution in [-0.2, 0) is 9.53 Å². The van der Waals surface area contributed by atoms with E-state index in [0.29, 0.717) is 0 Å². The van der Waals surface area contributed by atoms with Crippen LogP contribution in [0.1, 0.15) is 20.8 Å². The van der Waals surface area contributed by atoms with Crippen LogP contribution in [0.15, 0.2) is 12.2 Å². The molecule has 0 N–H and O–H groups in total. The number of ether oxygens (including phenoxy) is 1. The Morgan fingerprint density at radius 1 is 1.50 bits per heavy atom. The van der Waals surface area contributed by atoms with Gasteiger partial charge in [-0.2, -0.15) is 0 Å². The van der Waals surface area contributed by atoms with Crippen molar-refractivity contribution in [2.24, 2.45) is 0 Å². The van der Waals surface area contributed by atoms with E-state index in [9.17, 15) is 4.79 Å². The second-order valence-corrected chi connectivity index (χ2v) is 3.86. The first-order chi connectivity index (χ1) is 5.46. The highest BCUT2D eigenvalue weighted by Gasteiger charge is 2.34. The summed E-state index contributed by atoms with van der Waals surface area (Å²) in [4.78, 5) is 13.1. The first-order valence-electron chi connectivity index (χ1n) is 4.01. The van der Waals surface area contributed by atoms with Gasteiger partial charge >= 0.3 is 0 Å². The van der Waals surface area contributed by atoms with Gasteiger partial charge in [-0.3, -0.25) is 4.79 Å². The Morgan fingerprint density at radius 2 is 2.08 bits per heavy atom. The number of hydrogen-bond donors (Lipinski definition) is 0. The van der Waals surface area contributed by atoms with Crippen LogP contribution in [0.4, 0.5) is 0 Å². The molecule has 0 aromatic rings. The maximum absolute atomic E-state index is 11.3. The smallest absolute Gasteiger partial charge is 0.249 e. The maximum Gasteiger partial charge on any atom is 0.249 e. The van der Waals surface area contributed by atoms with Gasteiger partial charge < -0.3 is 9.64 Å². The van der Waals surface area contributed by atoms with E-state index in [2.05, 4.69) is 0 Å². The zero-order chi connectivity index (χ0) is 9.35. The molecule has 3 nitrogen and oxygen atoms in total. The molecule has 68 valence electrons. The molecule has 0 saturated heterocycles. The first-order valence-corrected chi connectivity index (χ1v) is 4.01. The van der Waals surface area contributed by atoms with E-state index < -0.39 is 0 Å². The SMILES string of the molecule is COC1C=CC(=O)N1C(C)(C)C. The molecule has 0 aromatic heterocycles.